The zero-order chi connectivity index (χ0) is 15.6. The molecule has 0 aliphatic carbocycles. The maximum atomic E-state index is 12.5. The van der Waals surface area contributed by atoms with Gasteiger partial charge in [0.25, 0.3) is 5.91 Å². The van der Waals surface area contributed by atoms with Crippen LogP contribution in [0.2, 0.25) is 5.02 Å². The highest BCUT2D eigenvalue weighted by Gasteiger charge is 2.31. The average molecular weight is 316 g/mol. The molecule has 1 amide bonds. The Labute approximate surface area is 122 Å². The third kappa shape index (κ3) is 3.43. The third-order valence-corrected chi connectivity index (χ3v) is 2.94. The summed E-state index contributed by atoms with van der Waals surface area (Å²) in [6, 6.07) is 5.60. The molecule has 0 aliphatic heterocycles. The fourth-order valence-electron chi connectivity index (χ4n) is 1.59. The fourth-order valence-corrected chi connectivity index (χ4v) is 1.82. The van der Waals surface area contributed by atoms with E-state index in [4.69, 9.17) is 17.3 Å². The molecule has 0 fully saturated rings. The monoisotopic (exact) mass is 315 g/mol. The van der Waals surface area contributed by atoms with Gasteiger partial charge in [-0.3, -0.25) is 4.79 Å². The largest absolute Gasteiger partial charge is 0.416 e. The molecule has 1 heterocycles. The molecule has 0 spiro atoms. The van der Waals surface area contributed by atoms with Crippen molar-refractivity contribution in [3.05, 3.63) is 52.7 Å². The number of aromatic nitrogens is 1. The molecule has 0 saturated heterocycles. The standard InChI is InChI=1S/C13H9ClF3N3O/c14-9-6-7(13(15,16)17)3-4-10(9)20-12(21)8-2-1-5-19-11(8)18/h1-6H,(H2,18,19)(H,20,21). The number of carbonyl (C=O) groups is 1. The zero-order valence-corrected chi connectivity index (χ0v) is 11.2. The Balaban J connectivity index is 2.25. The van der Waals surface area contributed by atoms with Crippen LogP contribution in [-0.4, -0.2) is 10.9 Å². The molecule has 1 aromatic heterocycles. The molecule has 3 N–H and O–H groups in total. The summed E-state index contributed by atoms with van der Waals surface area (Å²) < 4.78 is 37.5. The van der Waals surface area contributed by atoms with Gasteiger partial charge < -0.3 is 11.1 Å². The zero-order valence-electron chi connectivity index (χ0n) is 10.4. The van der Waals surface area contributed by atoms with Gasteiger partial charge in [0.1, 0.15) is 5.82 Å². The van der Waals surface area contributed by atoms with Crippen LogP contribution in [0.3, 0.4) is 0 Å². The smallest absolute Gasteiger partial charge is 0.383 e. The highest BCUT2D eigenvalue weighted by molar-refractivity contribution is 6.34. The quantitative estimate of drug-likeness (QED) is 0.890. The normalized spacial score (nSPS) is 11.2. The lowest BCUT2D eigenvalue weighted by molar-refractivity contribution is -0.137. The number of amides is 1. The van der Waals surface area contributed by atoms with Crippen LogP contribution >= 0.6 is 11.6 Å². The average Bonchev–Trinajstić information content (AvgIpc) is 2.40. The Bertz CT molecular complexity index is 689. The Morgan fingerprint density at radius 2 is 2.00 bits per heavy atom. The molecule has 0 bridgehead atoms. The molecule has 21 heavy (non-hydrogen) atoms. The van der Waals surface area contributed by atoms with Crippen LogP contribution < -0.4 is 11.1 Å². The summed E-state index contributed by atoms with van der Waals surface area (Å²) in [5.41, 5.74) is 4.80. The van der Waals surface area contributed by atoms with E-state index in [1.54, 1.807) is 0 Å². The van der Waals surface area contributed by atoms with Crippen LogP contribution in [0.1, 0.15) is 15.9 Å². The number of alkyl halides is 3. The van der Waals surface area contributed by atoms with E-state index >= 15 is 0 Å². The third-order valence-electron chi connectivity index (χ3n) is 2.63. The van der Waals surface area contributed by atoms with Crippen LogP contribution in [0, 0.1) is 0 Å². The van der Waals surface area contributed by atoms with Crippen LogP contribution in [0.5, 0.6) is 0 Å². The summed E-state index contributed by atoms with van der Waals surface area (Å²) in [6.45, 7) is 0. The number of benzene rings is 1. The lowest BCUT2D eigenvalue weighted by Crippen LogP contribution is -2.15. The molecule has 110 valence electrons. The number of carbonyl (C=O) groups excluding carboxylic acids is 1. The van der Waals surface area contributed by atoms with Crippen molar-refractivity contribution in [3.63, 3.8) is 0 Å². The molecule has 0 aliphatic rings. The Morgan fingerprint density at radius 3 is 2.57 bits per heavy atom. The molecular weight excluding hydrogens is 307 g/mol. The first-order valence-electron chi connectivity index (χ1n) is 5.67. The molecule has 0 unspecified atom stereocenters. The minimum absolute atomic E-state index is 0.0121. The second-order valence-electron chi connectivity index (χ2n) is 4.08. The number of nitrogens with one attached hydrogen (secondary N) is 1. The Kier molecular flexibility index (Phi) is 4.04. The summed E-state index contributed by atoms with van der Waals surface area (Å²) in [6.07, 6.45) is -3.09. The predicted octanol–water partition coefficient (Wildman–Crippen LogP) is 3.59. The van der Waals surface area contributed by atoms with E-state index in [2.05, 4.69) is 10.3 Å². The number of anilines is 2. The van der Waals surface area contributed by atoms with E-state index in [0.717, 1.165) is 18.2 Å². The van der Waals surface area contributed by atoms with Gasteiger partial charge in [0.05, 0.1) is 21.8 Å². The van der Waals surface area contributed by atoms with Gasteiger partial charge in [-0.05, 0) is 30.3 Å². The van der Waals surface area contributed by atoms with E-state index in [9.17, 15) is 18.0 Å². The van der Waals surface area contributed by atoms with Crippen molar-refractivity contribution in [1.29, 1.82) is 0 Å². The predicted molar refractivity (Wildman–Crippen MR) is 73.1 cm³/mol. The maximum absolute atomic E-state index is 12.5. The first-order chi connectivity index (χ1) is 9.79. The second kappa shape index (κ2) is 5.61. The van der Waals surface area contributed by atoms with Gasteiger partial charge in [-0.15, -0.1) is 0 Å². The van der Waals surface area contributed by atoms with Crippen molar-refractivity contribution in [2.45, 2.75) is 6.18 Å². The van der Waals surface area contributed by atoms with E-state index < -0.39 is 17.6 Å². The van der Waals surface area contributed by atoms with Crippen LogP contribution in [-0.2, 0) is 6.18 Å². The van der Waals surface area contributed by atoms with E-state index in [-0.39, 0.29) is 22.1 Å². The molecular formula is C13H9ClF3N3O. The maximum Gasteiger partial charge on any atom is 0.416 e. The van der Waals surface area contributed by atoms with E-state index in [0.29, 0.717) is 0 Å². The minimum Gasteiger partial charge on any atom is -0.383 e. The number of nitrogens with two attached hydrogens (primary N) is 1. The summed E-state index contributed by atoms with van der Waals surface area (Å²) in [5, 5.41) is 2.17. The van der Waals surface area contributed by atoms with E-state index in [1.165, 1.54) is 18.3 Å². The Morgan fingerprint density at radius 1 is 1.29 bits per heavy atom. The first-order valence-corrected chi connectivity index (χ1v) is 6.05. The summed E-state index contributed by atoms with van der Waals surface area (Å²) in [5.74, 6) is -0.597. The number of halogens is 4. The molecule has 1 aromatic carbocycles. The summed E-state index contributed by atoms with van der Waals surface area (Å²) >= 11 is 5.75. The van der Waals surface area contributed by atoms with Gasteiger partial charge in [0.2, 0.25) is 0 Å². The molecule has 8 heteroatoms. The highest BCUT2D eigenvalue weighted by atomic mass is 35.5. The molecule has 2 rings (SSSR count). The van der Waals surface area contributed by atoms with Crippen molar-refractivity contribution in [3.8, 4) is 0 Å². The van der Waals surface area contributed by atoms with Gasteiger partial charge in [0.15, 0.2) is 0 Å². The van der Waals surface area contributed by atoms with Crippen LogP contribution in [0.25, 0.3) is 0 Å². The molecule has 0 saturated carbocycles. The summed E-state index contributed by atoms with van der Waals surface area (Å²) in [7, 11) is 0. The van der Waals surface area contributed by atoms with Gasteiger partial charge >= 0.3 is 6.18 Å². The Hall–Kier alpha value is -2.28. The van der Waals surface area contributed by atoms with Crippen molar-refractivity contribution < 1.29 is 18.0 Å². The highest BCUT2D eigenvalue weighted by Crippen LogP contribution is 2.33. The molecule has 0 radical (unpaired) electrons. The van der Waals surface area contributed by atoms with Gasteiger partial charge in [-0.1, -0.05) is 11.6 Å². The number of nitrogen functional groups attached to an aromatic ring is 1. The SMILES string of the molecule is Nc1ncccc1C(=O)Nc1ccc(C(F)(F)F)cc1Cl. The van der Waals surface area contributed by atoms with Gasteiger partial charge in [-0.2, -0.15) is 13.2 Å². The second-order valence-corrected chi connectivity index (χ2v) is 4.49. The lowest BCUT2D eigenvalue weighted by Gasteiger charge is -2.11. The number of nitrogens with zero attached hydrogens (tertiary/aromatic N) is 1. The molecule has 4 nitrogen and oxygen atoms in total. The van der Waals surface area contributed by atoms with Crippen LogP contribution in [0.4, 0.5) is 24.7 Å². The van der Waals surface area contributed by atoms with Crippen LogP contribution in [0.15, 0.2) is 36.5 Å². The number of pyridine rings is 1. The van der Waals surface area contributed by atoms with Crippen molar-refractivity contribution >= 4 is 29.0 Å². The fraction of sp³-hybridized carbons (Fsp3) is 0.0769. The molecule has 0 atom stereocenters. The van der Waals surface area contributed by atoms with E-state index in [1.807, 2.05) is 0 Å². The minimum atomic E-state index is -4.50. The number of hydrogen-bond donors (Lipinski definition) is 2. The van der Waals surface area contributed by atoms with Crippen molar-refractivity contribution in [1.82, 2.24) is 4.98 Å². The van der Waals surface area contributed by atoms with Crippen molar-refractivity contribution in [2.24, 2.45) is 0 Å². The number of hydrogen-bond acceptors (Lipinski definition) is 3. The lowest BCUT2D eigenvalue weighted by atomic mass is 10.2. The van der Waals surface area contributed by atoms with Gasteiger partial charge in [-0.25, -0.2) is 4.98 Å². The number of rotatable bonds is 2. The van der Waals surface area contributed by atoms with Gasteiger partial charge in [0, 0.05) is 6.20 Å². The summed E-state index contributed by atoms with van der Waals surface area (Å²) in [4.78, 5) is 15.7. The molecule has 2 aromatic rings. The topological polar surface area (TPSA) is 68.0 Å². The van der Waals surface area contributed by atoms with Crippen molar-refractivity contribution in [2.75, 3.05) is 11.1 Å². The first kappa shape index (κ1) is 15.1.